The SMILES string of the molecule is CCCNc1cccc(C(=O)NC2CC2C)c1[N+](=O)[O-]. The summed E-state index contributed by atoms with van der Waals surface area (Å²) in [5, 5.41) is 17.1. The van der Waals surface area contributed by atoms with Gasteiger partial charge in [-0.15, -0.1) is 0 Å². The predicted molar refractivity (Wildman–Crippen MR) is 76.9 cm³/mol. The van der Waals surface area contributed by atoms with Gasteiger partial charge in [-0.1, -0.05) is 19.9 Å². The molecule has 6 nitrogen and oxygen atoms in total. The van der Waals surface area contributed by atoms with Crippen molar-refractivity contribution in [2.45, 2.75) is 32.7 Å². The van der Waals surface area contributed by atoms with Crippen LogP contribution in [-0.4, -0.2) is 23.4 Å². The molecule has 0 radical (unpaired) electrons. The normalized spacial score (nSPS) is 20.3. The summed E-state index contributed by atoms with van der Waals surface area (Å²) >= 11 is 0. The predicted octanol–water partition coefficient (Wildman–Crippen LogP) is 2.55. The Morgan fingerprint density at radius 3 is 2.75 bits per heavy atom. The Morgan fingerprint density at radius 1 is 1.50 bits per heavy atom. The highest BCUT2D eigenvalue weighted by Gasteiger charge is 2.35. The number of para-hydroxylation sites is 1. The van der Waals surface area contributed by atoms with E-state index in [0.717, 1.165) is 12.8 Å². The van der Waals surface area contributed by atoms with Crippen LogP contribution in [0.1, 0.15) is 37.0 Å². The number of carbonyl (C=O) groups is 1. The highest BCUT2D eigenvalue weighted by molar-refractivity contribution is 6.00. The maximum atomic E-state index is 12.1. The van der Waals surface area contributed by atoms with Gasteiger partial charge in [0.25, 0.3) is 5.91 Å². The van der Waals surface area contributed by atoms with Crippen molar-refractivity contribution in [2.75, 3.05) is 11.9 Å². The molecule has 1 aliphatic rings. The minimum atomic E-state index is -0.497. The van der Waals surface area contributed by atoms with Crippen LogP contribution in [0.25, 0.3) is 0 Å². The molecule has 0 spiro atoms. The second-order valence-electron chi connectivity index (χ2n) is 5.18. The van der Waals surface area contributed by atoms with Gasteiger partial charge in [0.05, 0.1) is 4.92 Å². The molecule has 1 saturated carbocycles. The molecule has 2 unspecified atom stereocenters. The van der Waals surface area contributed by atoms with Gasteiger partial charge >= 0.3 is 5.69 Å². The lowest BCUT2D eigenvalue weighted by molar-refractivity contribution is -0.384. The number of amides is 1. The number of hydrogen-bond acceptors (Lipinski definition) is 4. The van der Waals surface area contributed by atoms with E-state index in [4.69, 9.17) is 0 Å². The maximum absolute atomic E-state index is 12.1. The summed E-state index contributed by atoms with van der Waals surface area (Å²) in [7, 11) is 0. The minimum Gasteiger partial charge on any atom is -0.379 e. The van der Waals surface area contributed by atoms with Gasteiger partial charge in [0.15, 0.2) is 0 Å². The Bertz CT molecular complexity index is 530. The van der Waals surface area contributed by atoms with Crippen molar-refractivity contribution < 1.29 is 9.72 Å². The van der Waals surface area contributed by atoms with Crippen LogP contribution in [0, 0.1) is 16.0 Å². The average molecular weight is 277 g/mol. The van der Waals surface area contributed by atoms with Crippen molar-refractivity contribution in [3.63, 3.8) is 0 Å². The van der Waals surface area contributed by atoms with Crippen LogP contribution in [-0.2, 0) is 0 Å². The highest BCUT2D eigenvalue weighted by Crippen LogP contribution is 2.32. The van der Waals surface area contributed by atoms with Gasteiger partial charge in [-0.2, -0.15) is 0 Å². The number of nitrogens with one attached hydrogen (secondary N) is 2. The minimum absolute atomic E-state index is 0.121. The van der Waals surface area contributed by atoms with E-state index < -0.39 is 4.92 Å². The number of carbonyl (C=O) groups excluding carboxylic acids is 1. The molecule has 2 rings (SSSR count). The standard InChI is InChI=1S/C14H19N3O3/c1-3-7-15-11-6-4-5-10(13(11)17(19)20)14(18)16-12-8-9(12)2/h4-6,9,12,15H,3,7-8H2,1-2H3,(H,16,18). The summed E-state index contributed by atoms with van der Waals surface area (Å²) < 4.78 is 0. The lowest BCUT2D eigenvalue weighted by atomic mass is 10.1. The molecular formula is C14H19N3O3. The largest absolute Gasteiger partial charge is 0.379 e. The first-order chi connectivity index (χ1) is 9.54. The summed E-state index contributed by atoms with van der Waals surface area (Å²) in [5.74, 6) is 0.0885. The molecule has 0 saturated heterocycles. The fraction of sp³-hybridized carbons (Fsp3) is 0.500. The third-order valence-corrected chi connectivity index (χ3v) is 3.45. The first kappa shape index (κ1) is 14.3. The lowest BCUT2D eigenvalue weighted by Crippen LogP contribution is -2.27. The van der Waals surface area contributed by atoms with Crippen LogP contribution >= 0.6 is 0 Å². The maximum Gasteiger partial charge on any atom is 0.305 e. The van der Waals surface area contributed by atoms with Crippen molar-refractivity contribution in [1.82, 2.24) is 5.32 Å². The molecule has 0 heterocycles. The monoisotopic (exact) mass is 277 g/mol. The Hall–Kier alpha value is -2.11. The van der Waals surface area contributed by atoms with Crippen molar-refractivity contribution in [3.8, 4) is 0 Å². The van der Waals surface area contributed by atoms with Crippen LogP contribution < -0.4 is 10.6 Å². The summed E-state index contributed by atoms with van der Waals surface area (Å²) in [6, 6.07) is 4.94. The Morgan fingerprint density at radius 2 is 2.20 bits per heavy atom. The van der Waals surface area contributed by atoms with Crippen LogP contribution in [0.3, 0.4) is 0 Å². The van der Waals surface area contributed by atoms with Gasteiger partial charge in [0, 0.05) is 12.6 Å². The third kappa shape index (κ3) is 3.07. The molecule has 2 atom stereocenters. The smallest absolute Gasteiger partial charge is 0.305 e. The van der Waals surface area contributed by atoms with Gasteiger partial charge in [0.1, 0.15) is 11.3 Å². The van der Waals surface area contributed by atoms with Crippen LogP contribution in [0.15, 0.2) is 18.2 Å². The quantitative estimate of drug-likeness (QED) is 0.618. The average Bonchev–Trinajstić information content (AvgIpc) is 3.10. The molecule has 20 heavy (non-hydrogen) atoms. The summed E-state index contributed by atoms with van der Waals surface area (Å²) in [6.07, 6.45) is 1.79. The van der Waals surface area contributed by atoms with Crippen molar-refractivity contribution in [3.05, 3.63) is 33.9 Å². The number of benzene rings is 1. The molecule has 1 aromatic carbocycles. The van der Waals surface area contributed by atoms with Crippen LogP contribution in [0.5, 0.6) is 0 Å². The second kappa shape index (κ2) is 5.90. The number of nitrogens with zero attached hydrogens (tertiary/aromatic N) is 1. The molecule has 1 aliphatic carbocycles. The second-order valence-corrected chi connectivity index (χ2v) is 5.18. The number of rotatable bonds is 6. The summed E-state index contributed by atoms with van der Waals surface area (Å²) in [4.78, 5) is 22.9. The van der Waals surface area contributed by atoms with E-state index in [-0.39, 0.29) is 23.2 Å². The first-order valence-corrected chi connectivity index (χ1v) is 6.86. The Labute approximate surface area is 117 Å². The fourth-order valence-corrected chi connectivity index (χ4v) is 2.10. The number of nitro benzene ring substituents is 1. The van der Waals surface area contributed by atoms with Gasteiger partial charge in [-0.05, 0) is 30.9 Å². The van der Waals surface area contributed by atoms with Gasteiger partial charge < -0.3 is 10.6 Å². The number of hydrogen-bond donors (Lipinski definition) is 2. The number of nitro groups is 1. The zero-order chi connectivity index (χ0) is 14.7. The van der Waals surface area contributed by atoms with E-state index in [1.807, 2.05) is 13.8 Å². The molecule has 1 amide bonds. The molecule has 1 fully saturated rings. The molecule has 0 aromatic heterocycles. The van der Waals surface area contributed by atoms with Crippen LogP contribution in [0.2, 0.25) is 0 Å². The zero-order valence-corrected chi connectivity index (χ0v) is 11.7. The summed E-state index contributed by atoms with van der Waals surface area (Å²) in [5.41, 5.74) is 0.371. The molecule has 0 bridgehead atoms. The van der Waals surface area contributed by atoms with Gasteiger partial charge in [-0.3, -0.25) is 14.9 Å². The van der Waals surface area contributed by atoms with E-state index in [0.29, 0.717) is 18.2 Å². The van der Waals surface area contributed by atoms with Gasteiger partial charge in [-0.25, -0.2) is 0 Å². The summed E-state index contributed by atoms with van der Waals surface area (Å²) in [6.45, 7) is 4.65. The molecule has 6 heteroatoms. The van der Waals surface area contributed by atoms with Crippen molar-refractivity contribution in [2.24, 2.45) is 5.92 Å². The van der Waals surface area contributed by atoms with E-state index in [9.17, 15) is 14.9 Å². The van der Waals surface area contributed by atoms with E-state index in [1.165, 1.54) is 6.07 Å². The van der Waals surface area contributed by atoms with Crippen molar-refractivity contribution >= 4 is 17.3 Å². The Balaban J connectivity index is 2.26. The lowest BCUT2D eigenvalue weighted by Gasteiger charge is -2.09. The Kier molecular flexibility index (Phi) is 4.22. The number of anilines is 1. The highest BCUT2D eigenvalue weighted by atomic mass is 16.6. The molecule has 2 N–H and O–H groups in total. The molecular weight excluding hydrogens is 258 g/mol. The molecule has 0 aliphatic heterocycles. The molecule has 108 valence electrons. The van der Waals surface area contributed by atoms with E-state index in [1.54, 1.807) is 12.1 Å². The van der Waals surface area contributed by atoms with Crippen molar-refractivity contribution in [1.29, 1.82) is 0 Å². The van der Waals surface area contributed by atoms with E-state index in [2.05, 4.69) is 10.6 Å². The van der Waals surface area contributed by atoms with Gasteiger partial charge in [0.2, 0.25) is 0 Å². The van der Waals surface area contributed by atoms with Crippen LogP contribution in [0.4, 0.5) is 11.4 Å². The topological polar surface area (TPSA) is 84.3 Å². The molecule has 1 aromatic rings. The van der Waals surface area contributed by atoms with E-state index >= 15 is 0 Å². The third-order valence-electron chi connectivity index (χ3n) is 3.45. The zero-order valence-electron chi connectivity index (χ0n) is 11.7. The fourth-order valence-electron chi connectivity index (χ4n) is 2.10. The first-order valence-electron chi connectivity index (χ1n) is 6.86.